The quantitative estimate of drug-likeness (QED) is 0.472. The first-order chi connectivity index (χ1) is 4.34. The van der Waals surface area contributed by atoms with Gasteiger partial charge in [0.15, 0.2) is 0 Å². The van der Waals surface area contributed by atoms with Crippen LogP contribution in [0.4, 0.5) is 17.1 Å². The van der Waals surface area contributed by atoms with E-state index in [0.29, 0.717) is 0 Å². The van der Waals surface area contributed by atoms with Crippen molar-refractivity contribution in [2.24, 2.45) is 0 Å². The molecule has 0 aromatic carbocycles. The zero-order chi connectivity index (χ0) is 8.36. The largest absolute Gasteiger partial charge is 0.338 e. The second kappa shape index (κ2) is 3.00. The summed E-state index contributed by atoms with van der Waals surface area (Å²) in [6.07, 6.45) is -3.20. The molecule has 0 rings (SSSR count). The van der Waals surface area contributed by atoms with Crippen LogP contribution in [0.15, 0.2) is 12.2 Å². The SMILES string of the molecule is O=S(=O)(F)C(F)C=C(F)F. The van der Waals surface area contributed by atoms with Gasteiger partial charge in [0.05, 0.1) is 0 Å². The number of hydrogen-bond donors (Lipinski definition) is 0. The van der Waals surface area contributed by atoms with Gasteiger partial charge in [0, 0.05) is 6.08 Å². The third-order valence-corrected chi connectivity index (χ3v) is 1.20. The lowest BCUT2D eigenvalue weighted by atomic mass is 10.7. The molecule has 1 unspecified atom stereocenters. The highest BCUT2D eigenvalue weighted by molar-refractivity contribution is 7.87. The topological polar surface area (TPSA) is 34.1 Å². The van der Waals surface area contributed by atoms with Crippen molar-refractivity contribution in [2.45, 2.75) is 5.50 Å². The molecule has 60 valence electrons. The minimum atomic E-state index is -5.52. The molecule has 0 fully saturated rings. The normalized spacial score (nSPS) is 14.4. The lowest BCUT2D eigenvalue weighted by Gasteiger charge is -1.91. The van der Waals surface area contributed by atoms with Crippen LogP contribution in [0, 0.1) is 0 Å². The summed E-state index contributed by atoms with van der Waals surface area (Å²) in [7, 11) is -5.52. The van der Waals surface area contributed by atoms with Crippen LogP contribution in [0.1, 0.15) is 0 Å². The summed E-state index contributed by atoms with van der Waals surface area (Å²) < 4.78 is 63.9. The van der Waals surface area contributed by atoms with E-state index in [1.807, 2.05) is 0 Å². The Kier molecular flexibility index (Phi) is 2.82. The second-order valence-electron chi connectivity index (χ2n) is 1.28. The maximum Gasteiger partial charge on any atom is 0.338 e. The van der Waals surface area contributed by atoms with Gasteiger partial charge in [-0.05, 0) is 0 Å². The number of hydrogen-bond acceptors (Lipinski definition) is 2. The molecule has 7 heteroatoms. The number of rotatable bonds is 2. The molecule has 0 saturated carbocycles. The molecule has 2 nitrogen and oxygen atoms in total. The molecule has 0 aliphatic carbocycles. The maximum absolute atomic E-state index is 11.6. The summed E-state index contributed by atoms with van der Waals surface area (Å²) in [4.78, 5) is 0. The van der Waals surface area contributed by atoms with E-state index < -0.39 is 27.9 Å². The van der Waals surface area contributed by atoms with Gasteiger partial charge in [-0.2, -0.15) is 17.2 Å². The average molecular weight is 178 g/mol. The Morgan fingerprint density at radius 2 is 1.80 bits per heavy atom. The minimum Gasteiger partial charge on any atom is -0.222 e. The fourth-order valence-corrected chi connectivity index (χ4v) is 0.446. The van der Waals surface area contributed by atoms with Crippen LogP contribution in [0.25, 0.3) is 0 Å². The van der Waals surface area contributed by atoms with Crippen molar-refractivity contribution in [1.29, 1.82) is 0 Å². The van der Waals surface area contributed by atoms with Crippen molar-refractivity contribution in [2.75, 3.05) is 0 Å². The Morgan fingerprint density at radius 1 is 1.40 bits per heavy atom. The van der Waals surface area contributed by atoms with Crippen LogP contribution >= 0.6 is 0 Å². The van der Waals surface area contributed by atoms with Crippen molar-refractivity contribution in [3.63, 3.8) is 0 Å². The monoisotopic (exact) mass is 178 g/mol. The van der Waals surface area contributed by atoms with E-state index in [9.17, 15) is 25.5 Å². The van der Waals surface area contributed by atoms with Gasteiger partial charge >= 0.3 is 10.2 Å². The molecule has 0 N–H and O–H groups in total. The molecule has 0 spiro atoms. The zero-order valence-corrected chi connectivity index (χ0v) is 5.21. The molecule has 0 bridgehead atoms. The number of halogens is 4. The van der Waals surface area contributed by atoms with Crippen molar-refractivity contribution in [3.05, 3.63) is 12.2 Å². The first-order valence-electron chi connectivity index (χ1n) is 1.94. The van der Waals surface area contributed by atoms with Gasteiger partial charge in [0.25, 0.3) is 11.6 Å². The lowest BCUT2D eigenvalue weighted by Crippen LogP contribution is -2.06. The molecular weight excluding hydrogens is 176 g/mol. The molecule has 0 aliphatic rings. The second-order valence-corrected chi connectivity index (χ2v) is 2.68. The van der Waals surface area contributed by atoms with E-state index in [4.69, 9.17) is 0 Å². The van der Waals surface area contributed by atoms with E-state index in [0.717, 1.165) is 0 Å². The van der Waals surface area contributed by atoms with Crippen molar-refractivity contribution >= 4 is 10.2 Å². The van der Waals surface area contributed by atoms with Crippen LogP contribution in [-0.4, -0.2) is 13.9 Å². The highest BCUT2D eigenvalue weighted by Gasteiger charge is 2.22. The van der Waals surface area contributed by atoms with E-state index >= 15 is 0 Å². The molecule has 10 heavy (non-hydrogen) atoms. The van der Waals surface area contributed by atoms with Gasteiger partial charge in [-0.3, -0.25) is 0 Å². The predicted octanol–water partition coefficient (Wildman–Crippen LogP) is 1.36. The fraction of sp³-hybridized carbons (Fsp3) is 0.333. The maximum atomic E-state index is 11.6. The van der Waals surface area contributed by atoms with E-state index in [1.54, 1.807) is 0 Å². The van der Waals surface area contributed by atoms with E-state index in [1.165, 1.54) is 0 Å². The highest BCUT2D eigenvalue weighted by atomic mass is 32.3. The van der Waals surface area contributed by atoms with E-state index in [-0.39, 0.29) is 0 Å². The Labute approximate surface area is 54.4 Å². The number of alkyl halides is 1. The van der Waals surface area contributed by atoms with Crippen molar-refractivity contribution in [3.8, 4) is 0 Å². The molecule has 0 saturated heterocycles. The van der Waals surface area contributed by atoms with Gasteiger partial charge in [0.2, 0.25) is 0 Å². The summed E-state index contributed by atoms with van der Waals surface area (Å²) >= 11 is 0. The predicted molar refractivity (Wildman–Crippen MR) is 25.2 cm³/mol. The molecular formula is C3H2F4O2S. The smallest absolute Gasteiger partial charge is 0.222 e. The Morgan fingerprint density at radius 3 is 1.90 bits per heavy atom. The van der Waals surface area contributed by atoms with Crippen LogP contribution in [0.5, 0.6) is 0 Å². The lowest BCUT2D eigenvalue weighted by molar-refractivity contribution is 0.391. The molecule has 0 aliphatic heterocycles. The standard InChI is InChI=1S/C3H2F4O2S/c4-2(5)1-3(6)10(7,8)9/h1,3H. The molecule has 1 atom stereocenters. The van der Waals surface area contributed by atoms with Crippen LogP contribution in [0.3, 0.4) is 0 Å². The minimum absolute atomic E-state index is 0.630. The first-order valence-corrected chi connectivity index (χ1v) is 3.39. The third kappa shape index (κ3) is 3.44. The summed E-state index contributed by atoms with van der Waals surface area (Å²) in [6.45, 7) is 0. The van der Waals surface area contributed by atoms with Gasteiger partial charge in [0.1, 0.15) is 0 Å². The van der Waals surface area contributed by atoms with Gasteiger partial charge in [-0.15, -0.1) is 3.89 Å². The van der Waals surface area contributed by atoms with Crippen molar-refractivity contribution < 1.29 is 25.5 Å². The van der Waals surface area contributed by atoms with Crippen LogP contribution < -0.4 is 0 Å². The summed E-state index contributed by atoms with van der Waals surface area (Å²) in [6, 6.07) is 0. The van der Waals surface area contributed by atoms with Crippen molar-refractivity contribution in [1.82, 2.24) is 0 Å². The molecule has 0 aromatic rings. The molecule has 0 amide bonds. The van der Waals surface area contributed by atoms with Crippen LogP contribution in [-0.2, 0) is 10.2 Å². The Hall–Kier alpha value is -0.590. The average Bonchev–Trinajstić information content (AvgIpc) is 1.60. The molecule has 0 aromatic heterocycles. The Bertz CT molecular complexity index is 227. The summed E-state index contributed by atoms with van der Waals surface area (Å²) in [5, 5.41) is 0. The van der Waals surface area contributed by atoms with Gasteiger partial charge in [-0.1, -0.05) is 0 Å². The highest BCUT2D eigenvalue weighted by Crippen LogP contribution is 2.10. The Balaban J connectivity index is 4.42. The summed E-state index contributed by atoms with van der Waals surface area (Å²) in [5.41, 5.74) is -3.27. The summed E-state index contributed by atoms with van der Waals surface area (Å²) in [5.74, 6) is 0. The molecule has 0 heterocycles. The first kappa shape index (κ1) is 9.41. The molecule has 0 radical (unpaired) electrons. The third-order valence-electron chi connectivity index (χ3n) is 0.526. The van der Waals surface area contributed by atoms with E-state index in [2.05, 4.69) is 0 Å². The van der Waals surface area contributed by atoms with Gasteiger partial charge in [-0.25, -0.2) is 4.39 Å². The zero-order valence-electron chi connectivity index (χ0n) is 4.39. The van der Waals surface area contributed by atoms with Crippen LogP contribution in [0.2, 0.25) is 0 Å². The van der Waals surface area contributed by atoms with Gasteiger partial charge < -0.3 is 0 Å². The fourth-order valence-electron chi connectivity index (χ4n) is 0.180.